The Hall–Kier alpha value is -3.13. The van der Waals surface area contributed by atoms with Crippen molar-refractivity contribution in [3.63, 3.8) is 0 Å². The van der Waals surface area contributed by atoms with Crippen molar-refractivity contribution >= 4 is 35.0 Å². The zero-order valence-corrected chi connectivity index (χ0v) is 16.8. The van der Waals surface area contributed by atoms with Gasteiger partial charge in [-0.2, -0.15) is 0 Å². The number of carbonyl (C=O) groups excluding carboxylic acids is 2. The van der Waals surface area contributed by atoms with Crippen LogP contribution in [-0.2, 0) is 9.59 Å². The number of benzene rings is 2. The molecule has 29 heavy (non-hydrogen) atoms. The highest BCUT2D eigenvalue weighted by Crippen LogP contribution is 2.32. The summed E-state index contributed by atoms with van der Waals surface area (Å²) in [6.45, 7) is 2.20. The number of para-hydroxylation sites is 1. The minimum Gasteiger partial charge on any atom is -0.326 e. The fraction of sp³-hybridized carbons (Fsp3) is 0.238. The van der Waals surface area contributed by atoms with Crippen molar-refractivity contribution in [3.05, 3.63) is 60.9 Å². The van der Waals surface area contributed by atoms with E-state index < -0.39 is 0 Å². The summed E-state index contributed by atoms with van der Waals surface area (Å²) in [7, 11) is 0. The molecule has 0 radical (unpaired) electrons. The van der Waals surface area contributed by atoms with Gasteiger partial charge in [-0.15, -0.1) is 10.2 Å². The molecule has 0 spiro atoms. The topological polar surface area (TPSA) is 80.1 Å². The van der Waals surface area contributed by atoms with Crippen molar-refractivity contribution in [3.8, 4) is 5.69 Å². The Balaban J connectivity index is 1.55. The monoisotopic (exact) mass is 407 g/mol. The number of rotatable bonds is 5. The highest BCUT2D eigenvalue weighted by Gasteiger charge is 2.31. The molecule has 1 aliphatic rings. The van der Waals surface area contributed by atoms with E-state index in [1.807, 2.05) is 64.1 Å². The van der Waals surface area contributed by atoms with Gasteiger partial charge in [0.05, 0.1) is 10.9 Å². The van der Waals surface area contributed by atoms with Crippen LogP contribution in [0.15, 0.2) is 66.1 Å². The number of hydrogen-bond acceptors (Lipinski definition) is 5. The van der Waals surface area contributed by atoms with Gasteiger partial charge in [0.15, 0.2) is 5.16 Å². The van der Waals surface area contributed by atoms with Gasteiger partial charge in [-0.1, -0.05) is 36.0 Å². The van der Waals surface area contributed by atoms with Crippen molar-refractivity contribution < 1.29 is 9.59 Å². The molecule has 1 fully saturated rings. The van der Waals surface area contributed by atoms with E-state index in [0.717, 1.165) is 30.8 Å². The molecule has 1 N–H and O–H groups in total. The van der Waals surface area contributed by atoms with Crippen LogP contribution in [0, 0.1) is 0 Å². The second-order valence-electron chi connectivity index (χ2n) is 6.79. The van der Waals surface area contributed by atoms with Gasteiger partial charge in [0.1, 0.15) is 6.33 Å². The molecule has 1 aromatic heterocycles. The minimum absolute atomic E-state index is 0.0917. The standard InChI is InChI=1S/C21H21N5O2S/c1-15(27)23-16-7-5-10-18(13-16)26-14-22-24-21(26)29-19-11-6-12-25(20(19)28)17-8-3-2-4-9-17/h2-5,7-10,13-14,19H,6,11-12H2,1H3,(H,23,27). The number of aromatic nitrogens is 3. The summed E-state index contributed by atoms with van der Waals surface area (Å²) >= 11 is 1.43. The van der Waals surface area contributed by atoms with E-state index in [1.165, 1.54) is 18.7 Å². The summed E-state index contributed by atoms with van der Waals surface area (Å²) in [4.78, 5) is 26.3. The van der Waals surface area contributed by atoms with E-state index in [-0.39, 0.29) is 17.1 Å². The van der Waals surface area contributed by atoms with Gasteiger partial charge in [0.25, 0.3) is 0 Å². The van der Waals surface area contributed by atoms with Crippen LogP contribution in [-0.4, -0.2) is 38.4 Å². The molecule has 3 aromatic rings. The maximum absolute atomic E-state index is 13.1. The summed E-state index contributed by atoms with van der Waals surface area (Å²) in [5.74, 6) is -0.0386. The van der Waals surface area contributed by atoms with E-state index >= 15 is 0 Å². The van der Waals surface area contributed by atoms with Crippen molar-refractivity contribution in [1.29, 1.82) is 0 Å². The summed E-state index contributed by atoms with van der Waals surface area (Å²) in [6.07, 6.45) is 3.35. The van der Waals surface area contributed by atoms with E-state index in [2.05, 4.69) is 15.5 Å². The van der Waals surface area contributed by atoms with Crippen molar-refractivity contribution in [2.45, 2.75) is 30.2 Å². The lowest BCUT2D eigenvalue weighted by molar-refractivity contribution is -0.119. The fourth-order valence-electron chi connectivity index (χ4n) is 3.36. The number of nitrogens with zero attached hydrogens (tertiary/aromatic N) is 4. The average molecular weight is 407 g/mol. The number of anilines is 2. The van der Waals surface area contributed by atoms with E-state index in [0.29, 0.717) is 10.8 Å². The number of amides is 2. The first-order valence-corrected chi connectivity index (χ1v) is 10.3. The van der Waals surface area contributed by atoms with E-state index in [9.17, 15) is 9.59 Å². The van der Waals surface area contributed by atoms with Gasteiger partial charge in [-0.3, -0.25) is 14.2 Å². The third-order valence-corrected chi connectivity index (χ3v) is 5.88. The zero-order valence-electron chi connectivity index (χ0n) is 16.0. The Morgan fingerprint density at radius 2 is 1.93 bits per heavy atom. The molecule has 1 saturated heterocycles. The van der Waals surface area contributed by atoms with Gasteiger partial charge in [-0.25, -0.2) is 0 Å². The summed E-state index contributed by atoms with van der Waals surface area (Å²) in [5, 5.41) is 11.5. The maximum Gasteiger partial charge on any atom is 0.240 e. The van der Waals surface area contributed by atoms with E-state index in [1.54, 1.807) is 6.33 Å². The Morgan fingerprint density at radius 1 is 1.14 bits per heavy atom. The number of piperidine rings is 1. The Labute approximate surface area is 173 Å². The molecule has 1 atom stereocenters. The van der Waals surface area contributed by atoms with Gasteiger partial charge in [0.2, 0.25) is 11.8 Å². The number of nitrogens with one attached hydrogen (secondary N) is 1. The Morgan fingerprint density at radius 3 is 2.72 bits per heavy atom. The number of thioether (sulfide) groups is 1. The molecule has 8 heteroatoms. The van der Waals surface area contributed by atoms with Crippen LogP contribution < -0.4 is 10.2 Å². The van der Waals surface area contributed by atoms with Crippen LogP contribution in [0.25, 0.3) is 5.69 Å². The lowest BCUT2D eigenvalue weighted by Crippen LogP contribution is -2.43. The van der Waals surface area contributed by atoms with Gasteiger partial charge >= 0.3 is 0 Å². The quantitative estimate of drug-likeness (QED) is 0.700. The Kier molecular flexibility index (Phi) is 5.62. The van der Waals surface area contributed by atoms with Crippen molar-refractivity contribution in [2.24, 2.45) is 0 Å². The molecule has 2 amide bonds. The SMILES string of the molecule is CC(=O)Nc1cccc(-n2cnnc2SC2CCCN(c3ccccc3)C2=O)c1. The van der Waals surface area contributed by atoms with Crippen molar-refractivity contribution in [1.82, 2.24) is 14.8 Å². The largest absolute Gasteiger partial charge is 0.326 e. The first kappa shape index (κ1) is 19.2. The molecule has 7 nitrogen and oxygen atoms in total. The molecule has 2 aromatic carbocycles. The Bertz CT molecular complexity index is 1020. The second kappa shape index (κ2) is 8.48. The number of hydrogen-bond donors (Lipinski definition) is 1. The first-order valence-electron chi connectivity index (χ1n) is 9.43. The molecule has 148 valence electrons. The van der Waals surface area contributed by atoms with Crippen LogP contribution in [0.2, 0.25) is 0 Å². The minimum atomic E-state index is -0.217. The van der Waals surface area contributed by atoms with Crippen LogP contribution >= 0.6 is 11.8 Å². The molecule has 1 aliphatic heterocycles. The molecule has 0 bridgehead atoms. The predicted molar refractivity (Wildman–Crippen MR) is 113 cm³/mol. The van der Waals surface area contributed by atoms with Crippen LogP contribution in [0.3, 0.4) is 0 Å². The smallest absolute Gasteiger partial charge is 0.240 e. The third-order valence-electron chi connectivity index (χ3n) is 4.67. The molecule has 2 heterocycles. The summed E-state index contributed by atoms with van der Waals surface area (Å²) in [5.41, 5.74) is 2.45. The highest BCUT2D eigenvalue weighted by atomic mass is 32.2. The zero-order chi connectivity index (χ0) is 20.2. The maximum atomic E-state index is 13.1. The molecular formula is C21H21N5O2S. The number of carbonyl (C=O) groups is 2. The van der Waals surface area contributed by atoms with Gasteiger partial charge < -0.3 is 10.2 Å². The molecular weight excluding hydrogens is 386 g/mol. The normalized spacial score (nSPS) is 16.7. The van der Waals surface area contributed by atoms with Gasteiger partial charge in [-0.05, 0) is 43.2 Å². The molecule has 1 unspecified atom stereocenters. The van der Waals surface area contributed by atoms with E-state index in [4.69, 9.17) is 0 Å². The van der Waals surface area contributed by atoms with Crippen LogP contribution in [0.1, 0.15) is 19.8 Å². The van der Waals surface area contributed by atoms with Gasteiger partial charge in [0, 0.05) is 24.8 Å². The highest BCUT2D eigenvalue weighted by molar-refractivity contribution is 8.00. The first-order chi connectivity index (χ1) is 14.1. The second-order valence-corrected chi connectivity index (χ2v) is 7.96. The average Bonchev–Trinajstić information content (AvgIpc) is 3.18. The lowest BCUT2D eigenvalue weighted by Gasteiger charge is -2.31. The fourth-order valence-corrected chi connectivity index (χ4v) is 4.49. The lowest BCUT2D eigenvalue weighted by atomic mass is 10.1. The molecule has 4 rings (SSSR count). The van der Waals surface area contributed by atoms with Crippen LogP contribution in [0.4, 0.5) is 11.4 Å². The summed E-state index contributed by atoms with van der Waals surface area (Å²) in [6, 6.07) is 17.2. The predicted octanol–water partition coefficient (Wildman–Crippen LogP) is 3.51. The summed E-state index contributed by atoms with van der Waals surface area (Å²) < 4.78 is 1.84. The molecule has 0 aliphatic carbocycles. The van der Waals surface area contributed by atoms with Crippen LogP contribution in [0.5, 0.6) is 0 Å². The van der Waals surface area contributed by atoms with Crippen molar-refractivity contribution in [2.75, 3.05) is 16.8 Å². The molecule has 0 saturated carbocycles. The third kappa shape index (κ3) is 4.32.